The highest BCUT2D eigenvalue weighted by atomic mass is 16.5. The highest BCUT2D eigenvalue weighted by Crippen LogP contribution is 2.17. The predicted molar refractivity (Wildman–Crippen MR) is 45.2 cm³/mol. The summed E-state index contributed by atoms with van der Waals surface area (Å²) in [6.07, 6.45) is 0. The standard InChI is InChI=1S/C9H20O/c1-8(2,3)7-10-9(4,5)6/h7H2,1-6H3. The van der Waals surface area contributed by atoms with E-state index >= 15 is 0 Å². The van der Waals surface area contributed by atoms with E-state index in [2.05, 4.69) is 41.5 Å². The van der Waals surface area contributed by atoms with Crippen LogP contribution in [0.1, 0.15) is 41.5 Å². The molecule has 0 aliphatic carbocycles. The summed E-state index contributed by atoms with van der Waals surface area (Å²) in [5, 5.41) is 0. The van der Waals surface area contributed by atoms with Gasteiger partial charge in [-0.25, -0.2) is 0 Å². The van der Waals surface area contributed by atoms with E-state index in [0.717, 1.165) is 6.61 Å². The van der Waals surface area contributed by atoms with Crippen molar-refractivity contribution in [2.45, 2.75) is 47.1 Å². The SMILES string of the molecule is CC(C)(C)COC(C)(C)C. The van der Waals surface area contributed by atoms with Gasteiger partial charge in [0.15, 0.2) is 0 Å². The van der Waals surface area contributed by atoms with E-state index in [1.807, 2.05) is 0 Å². The molecule has 0 saturated heterocycles. The molecule has 1 nitrogen and oxygen atoms in total. The van der Waals surface area contributed by atoms with Crippen molar-refractivity contribution in [1.29, 1.82) is 0 Å². The van der Waals surface area contributed by atoms with Crippen molar-refractivity contribution in [2.75, 3.05) is 6.61 Å². The molecule has 0 aromatic heterocycles. The Balaban J connectivity index is 3.56. The van der Waals surface area contributed by atoms with E-state index in [4.69, 9.17) is 4.74 Å². The molecule has 0 bridgehead atoms. The molecule has 0 aromatic rings. The van der Waals surface area contributed by atoms with Gasteiger partial charge in [-0.3, -0.25) is 0 Å². The zero-order valence-electron chi connectivity index (χ0n) is 8.12. The molecule has 0 saturated carbocycles. The smallest absolute Gasteiger partial charge is 0.0598 e. The normalized spacial score (nSPS) is 13.8. The highest BCUT2D eigenvalue weighted by molar-refractivity contribution is 4.64. The van der Waals surface area contributed by atoms with Crippen molar-refractivity contribution < 1.29 is 4.74 Å². The van der Waals surface area contributed by atoms with Crippen LogP contribution in [-0.4, -0.2) is 12.2 Å². The van der Waals surface area contributed by atoms with E-state index in [1.54, 1.807) is 0 Å². The fourth-order valence-corrected chi connectivity index (χ4v) is 0.433. The molecule has 1 heteroatoms. The average molecular weight is 144 g/mol. The van der Waals surface area contributed by atoms with Crippen LogP contribution in [0.3, 0.4) is 0 Å². The van der Waals surface area contributed by atoms with Crippen molar-refractivity contribution in [1.82, 2.24) is 0 Å². The maximum atomic E-state index is 5.59. The molecule has 0 aliphatic rings. The fourth-order valence-electron chi connectivity index (χ4n) is 0.433. The van der Waals surface area contributed by atoms with E-state index in [9.17, 15) is 0 Å². The minimum absolute atomic E-state index is 0.00722. The molecule has 62 valence electrons. The van der Waals surface area contributed by atoms with Crippen molar-refractivity contribution in [3.05, 3.63) is 0 Å². The largest absolute Gasteiger partial charge is 0.375 e. The van der Waals surface area contributed by atoms with Crippen LogP contribution in [0, 0.1) is 5.41 Å². The molecule has 0 aliphatic heterocycles. The Labute approximate surface area is 64.8 Å². The number of hydrogen-bond donors (Lipinski definition) is 0. The number of hydrogen-bond acceptors (Lipinski definition) is 1. The highest BCUT2D eigenvalue weighted by Gasteiger charge is 2.16. The van der Waals surface area contributed by atoms with Gasteiger partial charge in [-0.05, 0) is 26.2 Å². The molecule has 0 spiro atoms. The third kappa shape index (κ3) is 7.96. The third-order valence-corrected chi connectivity index (χ3v) is 0.938. The molecular formula is C9H20O. The van der Waals surface area contributed by atoms with Crippen LogP contribution in [0.25, 0.3) is 0 Å². The van der Waals surface area contributed by atoms with Crippen LogP contribution in [0.15, 0.2) is 0 Å². The van der Waals surface area contributed by atoms with Gasteiger partial charge in [0.25, 0.3) is 0 Å². The summed E-state index contributed by atoms with van der Waals surface area (Å²) in [4.78, 5) is 0. The molecule has 0 atom stereocenters. The Hall–Kier alpha value is -0.0400. The molecule has 0 amide bonds. The quantitative estimate of drug-likeness (QED) is 0.550. The zero-order chi connectivity index (χ0) is 8.41. The summed E-state index contributed by atoms with van der Waals surface area (Å²) < 4.78 is 5.59. The molecule has 0 heterocycles. The fraction of sp³-hybridized carbons (Fsp3) is 1.00. The minimum atomic E-state index is 0.00722. The first-order valence-corrected chi connectivity index (χ1v) is 3.85. The Kier molecular flexibility index (Phi) is 2.90. The van der Waals surface area contributed by atoms with Crippen molar-refractivity contribution in [2.24, 2.45) is 5.41 Å². The minimum Gasteiger partial charge on any atom is -0.375 e. The van der Waals surface area contributed by atoms with Gasteiger partial charge in [0, 0.05) is 0 Å². The van der Waals surface area contributed by atoms with Gasteiger partial charge >= 0.3 is 0 Å². The van der Waals surface area contributed by atoms with Gasteiger partial charge in [-0.1, -0.05) is 20.8 Å². The Morgan fingerprint density at radius 2 is 1.30 bits per heavy atom. The van der Waals surface area contributed by atoms with Crippen molar-refractivity contribution in [3.63, 3.8) is 0 Å². The molecule has 0 aromatic carbocycles. The lowest BCUT2D eigenvalue weighted by Crippen LogP contribution is -2.26. The summed E-state index contributed by atoms with van der Waals surface area (Å²) in [6.45, 7) is 13.6. The summed E-state index contributed by atoms with van der Waals surface area (Å²) in [5.41, 5.74) is 0.292. The molecule has 0 unspecified atom stereocenters. The van der Waals surface area contributed by atoms with Crippen molar-refractivity contribution in [3.8, 4) is 0 Å². The van der Waals surface area contributed by atoms with Gasteiger partial charge in [0.05, 0.1) is 12.2 Å². The van der Waals surface area contributed by atoms with Gasteiger partial charge in [-0.15, -0.1) is 0 Å². The summed E-state index contributed by atoms with van der Waals surface area (Å²) >= 11 is 0. The predicted octanol–water partition coefficient (Wildman–Crippen LogP) is 2.85. The second kappa shape index (κ2) is 2.91. The first kappa shape index (κ1) is 9.96. The summed E-state index contributed by atoms with van der Waals surface area (Å²) in [5.74, 6) is 0. The zero-order valence-corrected chi connectivity index (χ0v) is 8.12. The van der Waals surface area contributed by atoms with Gasteiger partial charge in [0.2, 0.25) is 0 Å². The van der Waals surface area contributed by atoms with Crippen LogP contribution in [0.4, 0.5) is 0 Å². The molecular weight excluding hydrogens is 124 g/mol. The monoisotopic (exact) mass is 144 g/mol. The molecule has 0 N–H and O–H groups in total. The first-order valence-electron chi connectivity index (χ1n) is 3.85. The maximum absolute atomic E-state index is 5.59. The van der Waals surface area contributed by atoms with Gasteiger partial charge in [0.1, 0.15) is 0 Å². The van der Waals surface area contributed by atoms with E-state index in [1.165, 1.54) is 0 Å². The second-order valence-corrected chi connectivity index (χ2v) is 4.96. The Morgan fingerprint density at radius 3 is 1.40 bits per heavy atom. The van der Waals surface area contributed by atoms with Gasteiger partial charge in [-0.2, -0.15) is 0 Å². The van der Waals surface area contributed by atoms with E-state index in [0.29, 0.717) is 0 Å². The topological polar surface area (TPSA) is 9.23 Å². The van der Waals surface area contributed by atoms with Gasteiger partial charge < -0.3 is 4.74 Å². The lowest BCUT2D eigenvalue weighted by molar-refractivity contribution is -0.0382. The van der Waals surface area contributed by atoms with E-state index < -0.39 is 0 Å². The number of rotatable bonds is 1. The average Bonchev–Trinajstić information content (AvgIpc) is 1.57. The third-order valence-electron chi connectivity index (χ3n) is 0.938. The second-order valence-electron chi connectivity index (χ2n) is 4.96. The van der Waals surface area contributed by atoms with E-state index in [-0.39, 0.29) is 11.0 Å². The molecule has 0 fully saturated rings. The summed E-state index contributed by atoms with van der Waals surface area (Å²) in [7, 11) is 0. The Bertz CT molecular complexity index is 78.3. The Morgan fingerprint density at radius 1 is 0.900 bits per heavy atom. The molecule has 0 rings (SSSR count). The van der Waals surface area contributed by atoms with Crippen LogP contribution >= 0.6 is 0 Å². The first-order chi connectivity index (χ1) is 4.21. The van der Waals surface area contributed by atoms with Crippen molar-refractivity contribution >= 4 is 0 Å². The van der Waals surface area contributed by atoms with Crippen LogP contribution in [-0.2, 0) is 4.74 Å². The van der Waals surface area contributed by atoms with Crippen LogP contribution in [0.5, 0.6) is 0 Å². The number of ether oxygens (including phenoxy) is 1. The lowest BCUT2D eigenvalue weighted by atomic mass is 9.98. The molecule has 10 heavy (non-hydrogen) atoms. The maximum Gasteiger partial charge on any atom is 0.0598 e. The molecule has 0 radical (unpaired) electrons. The van der Waals surface area contributed by atoms with Crippen LogP contribution < -0.4 is 0 Å². The summed E-state index contributed by atoms with van der Waals surface area (Å²) in [6, 6.07) is 0. The lowest BCUT2D eigenvalue weighted by Gasteiger charge is -2.26. The van der Waals surface area contributed by atoms with Crippen LogP contribution in [0.2, 0.25) is 0 Å².